The van der Waals surface area contributed by atoms with Crippen molar-refractivity contribution in [2.75, 3.05) is 18.0 Å². The fourth-order valence-corrected chi connectivity index (χ4v) is 3.05. The first-order valence-electron chi connectivity index (χ1n) is 5.90. The molecule has 0 saturated carbocycles. The maximum Gasteiger partial charge on any atom is 0.185 e. The summed E-state index contributed by atoms with van der Waals surface area (Å²) in [5.41, 5.74) is 7.00. The molecule has 16 heavy (non-hydrogen) atoms. The van der Waals surface area contributed by atoms with Gasteiger partial charge in [0.05, 0.1) is 5.69 Å². The van der Waals surface area contributed by atoms with Gasteiger partial charge >= 0.3 is 0 Å². The van der Waals surface area contributed by atoms with Gasteiger partial charge in [-0.1, -0.05) is 20.8 Å². The largest absolute Gasteiger partial charge is 0.348 e. The van der Waals surface area contributed by atoms with Crippen LogP contribution in [0, 0.1) is 11.3 Å². The van der Waals surface area contributed by atoms with Crippen LogP contribution in [0.5, 0.6) is 0 Å². The molecule has 1 aliphatic heterocycles. The molecule has 3 nitrogen and oxygen atoms in total. The Balaban J connectivity index is 2.03. The molecule has 2 N–H and O–H groups in total. The van der Waals surface area contributed by atoms with Crippen LogP contribution < -0.4 is 10.6 Å². The standard InChI is InChI=1S/C12H21N3S/c1-12(2,3)9-4-5-15(7-9)11-14-10(6-13)8-16-11/h8-9H,4-7,13H2,1-3H3. The minimum atomic E-state index is 0.405. The summed E-state index contributed by atoms with van der Waals surface area (Å²) in [4.78, 5) is 6.95. The van der Waals surface area contributed by atoms with Crippen LogP contribution in [0.2, 0.25) is 0 Å². The lowest BCUT2D eigenvalue weighted by Crippen LogP contribution is -2.25. The first kappa shape index (κ1) is 11.9. The van der Waals surface area contributed by atoms with E-state index in [1.807, 2.05) is 0 Å². The number of nitrogens with two attached hydrogens (primary N) is 1. The highest BCUT2D eigenvalue weighted by Gasteiger charge is 2.32. The minimum absolute atomic E-state index is 0.405. The Morgan fingerprint density at radius 3 is 2.81 bits per heavy atom. The number of rotatable bonds is 2. The summed E-state index contributed by atoms with van der Waals surface area (Å²) in [5.74, 6) is 0.776. The van der Waals surface area contributed by atoms with Gasteiger partial charge in [0.2, 0.25) is 0 Å². The third-order valence-corrected chi connectivity index (χ3v) is 4.38. The summed E-state index contributed by atoms with van der Waals surface area (Å²) >= 11 is 1.72. The van der Waals surface area contributed by atoms with Crippen molar-refractivity contribution in [1.29, 1.82) is 0 Å². The van der Waals surface area contributed by atoms with E-state index in [0.29, 0.717) is 12.0 Å². The van der Waals surface area contributed by atoms with E-state index >= 15 is 0 Å². The third-order valence-electron chi connectivity index (χ3n) is 3.43. The predicted molar refractivity (Wildman–Crippen MR) is 69.8 cm³/mol. The summed E-state index contributed by atoms with van der Waals surface area (Å²) in [6.07, 6.45) is 1.28. The molecule has 1 aliphatic rings. The number of aromatic nitrogens is 1. The molecular weight excluding hydrogens is 218 g/mol. The lowest BCUT2D eigenvalue weighted by atomic mass is 9.80. The zero-order valence-corrected chi connectivity index (χ0v) is 11.2. The van der Waals surface area contributed by atoms with Crippen LogP contribution in [0.3, 0.4) is 0 Å². The van der Waals surface area contributed by atoms with Crippen LogP contribution in [0.4, 0.5) is 5.13 Å². The van der Waals surface area contributed by atoms with Gasteiger partial charge in [-0.15, -0.1) is 11.3 Å². The highest BCUT2D eigenvalue weighted by Crippen LogP contribution is 2.36. The van der Waals surface area contributed by atoms with Gasteiger partial charge in [-0.3, -0.25) is 0 Å². The average Bonchev–Trinajstić information content (AvgIpc) is 2.85. The van der Waals surface area contributed by atoms with Crippen molar-refractivity contribution in [1.82, 2.24) is 4.98 Å². The highest BCUT2D eigenvalue weighted by molar-refractivity contribution is 7.13. The van der Waals surface area contributed by atoms with E-state index in [1.165, 1.54) is 6.42 Å². The van der Waals surface area contributed by atoms with Gasteiger partial charge in [0, 0.05) is 25.0 Å². The molecule has 0 radical (unpaired) electrons. The second-order valence-corrected chi connectivity index (χ2v) is 6.46. The summed E-state index contributed by atoms with van der Waals surface area (Å²) in [6.45, 7) is 9.81. The molecule has 2 heterocycles. The quantitative estimate of drug-likeness (QED) is 0.862. The molecule has 0 spiro atoms. The summed E-state index contributed by atoms with van der Waals surface area (Å²) in [6, 6.07) is 0. The van der Waals surface area contributed by atoms with Gasteiger partial charge in [0.1, 0.15) is 0 Å². The van der Waals surface area contributed by atoms with Crippen molar-refractivity contribution in [3.05, 3.63) is 11.1 Å². The molecule has 1 aromatic rings. The zero-order chi connectivity index (χ0) is 11.8. The number of nitrogens with zero attached hydrogens (tertiary/aromatic N) is 2. The SMILES string of the molecule is CC(C)(C)C1CCN(c2nc(CN)cs2)C1. The summed E-state index contributed by atoms with van der Waals surface area (Å²) in [5, 5.41) is 3.21. The monoisotopic (exact) mass is 239 g/mol. The second kappa shape index (κ2) is 4.34. The Morgan fingerprint density at radius 1 is 1.56 bits per heavy atom. The first-order chi connectivity index (χ1) is 7.50. The van der Waals surface area contributed by atoms with Crippen LogP contribution in [0.25, 0.3) is 0 Å². The highest BCUT2D eigenvalue weighted by atomic mass is 32.1. The summed E-state index contributed by atoms with van der Waals surface area (Å²) < 4.78 is 0. The van der Waals surface area contributed by atoms with Gasteiger partial charge in [0.15, 0.2) is 5.13 Å². The fourth-order valence-electron chi connectivity index (χ4n) is 2.18. The van der Waals surface area contributed by atoms with Crippen molar-refractivity contribution in [2.45, 2.75) is 33.7 Å². The third kappa shape index (κ3) is 2.38. The minimum Gasteiger partial charge on any atom is -0.348 e. The molecule has 2 rings (SSSR count). The summed E-state index contributed by atoms with van der Waals surface area (Å²) in [7, 11) is 0. The molecule has 90 valence electrons. The Hall–Kier alpha value is -0.610. The molecule has 1 aromatic heterocycles. The smallest absolute Gasteiger partial charge is 0.185 e. The Kier molecular flexibility index (Phi) is 3.22. The van der Waals surface area contributed by atoms with E-state index < -0.39 is 0 Å². The van der Waals surface area contributed by atoms with Crippen LogP contribution in [-0.4, -0.2) is 18.1 Å². The number of anilines is 1. The molecule has 0 bridgehead atoms. The molecule has 1 saturated heterocycles. The van der Waals surface area contributed by atoms with Crippen molar-refractivity contribution in [3.63, 3.8) is 0 Å². The Bertz CT molecular complexity index is 353. The number of hydrogen-bond acceptors (Lipinski definition) is 4. The Morgan fingerprint density at radius 2 is 2.31 bits per heavy atom. The van der Waals surface area contributed by atoms with Crippen LogP contribution >= 0.6 is 11.3 Å². The molecule has 1 atom stereocenters. The van der Waals surface area contributed by atoms with E-state index in [2.05, 4.69) is 36.0 Å². The van der Waals surface area contributed by atoms with E-state index in [1.54, 1.807) is 11.3 Å². The predicted octanol–water partition coefficient (Wildman–Crippen LogP) is 2.47. The lowest BCUT2D eigenvalue weighted by Gasteiger charge is -2.26. The van der Waals surface area contributed by atoms with Gasteiger partial charge in [-0.2, -0.15) is 0 Å². The van der Waals surface area contributed by atoms with E-state index in [0.717, 1.165) is 29.8 Å². The lowest BCUT2D eigenvalue weighted by molar-refractivity contribution is 0.263. The van der Waals surface area contributed by atoms with Gasteiger partial charge in [-0.05, 0) is 17.8 Å². The fraction of sp³-hybridized carbons (Fsp3) is 0.750. The van der Waals surface area contributed by atoms with E-state index in [-0.39, 0.29) is 0 Å². The van der Waals surface area contributed by atoms with E-state index in [9.17, 15) is 0 Å². The maximum atomic E-state index is 5.58. The van der Waals surface area contributed by atoms with Crippen LogP contribution in [0.1, 0.15) is 32.9 Å². The maximum absolute atomic E-state index is 5.58. The van der Waals surface area contributed by atoms with Gasteiger partial charge in [-0.25, -0.2) is 4.98 Å². The molecular formula is C12H21N3S. The van der Waals surface area contributed by atoms with Crippen molar-refractivity contribution >= 4 is 16.5 Å². The molecule has 1 unspecified atom stereocenters. The molecule has 4 heteroatoms. The van der Waals surface area contributed by atoms with Gasteiger partial charge in [0.25, 0.3) is 0 Å². The zero-order valence-electron chi connectivity index (χ0n) is 10.4. The molecule has 0 aliphatic carbocycles. The van der Waals surface area contributed by atoms with Crippen LogP contribution in [0.15, 0.2) is 5.38 Å². The molecule has 0 aromatic carbocycles. The van der Waals surface area contributed by atoms with Crippen molar-refractivity contribution < 1.29 is 0 Å². The van der Waals surface area contributed by atoms with Crippen LogP contribution in [-0.2, 0) is 6.54 Å². The van der Waals surface area contributed by atoms with Crippen molar-refractivity contribution in [3.8, 4) is 0 Å². The van der Waals surface area contributed by atoms with Gasteiger partial charge < -0.3 is 10.6 Å². The number of thiazole rings is 1. The molecule has 1 fully saturated rings. The van der Waals surface area contributed by atoms with E-state index in [4.69, 9.17) is 5.73 Å². The normalized spacial score (nSPS) is 21.8. The topological polar surface area (TPSA) is 42.2 Å². The Labute approximate surface area is 102 Å². The number of hydrogen-bond donors (Lipinski definition) is 1. The average molecular weight is 239 g/mol. The first-order valence-corrected chi connectivity index (χ1v) is 6.78. The molecule has 0 amide bonds. The second-order valence-electron chi connectivity index (χ2n) is 5.62. The van der Waals surface area contributed by atoms with Crippen molar-refractivity contribution in [2.24, 2.45) is 17.1 Å².